The van der Waals surface area contributed by atoms with E-state index in [1.807, 2.05) is 6.07 Å². The number of aliphatic hydroxyl groups is 1. The zero-order chi connectivity index (χ0) is 13.4. The Labute approximate surface area is 110 Å². The van der Waals surface area contributed by atoms with Gasteiger partial charge >= 0.3 is 0 Å². The maximum Gasteiger partial charge on any atom is 0.122 e. The summed E-state index contributed by atoms with van der Waals surface area (Å²) in [7, 11) is 1.71. The SMILES string of the molecule is COc1ccc(CCNCCCCO)c(C)c1C. The van der Waals surface area contributed by atoms with Crippen LogP contribution in [0.3, 0.4) is 0 Å². The molecule has 1 aromatic carbocycles. The topological polar surface area (TPSA) is 41.5 Å². The van der Waals surface area contributed by atoms with Crippen LogP contribution in [-0.4, -0.2) is 31.9 Å². The number of hydrogen-bond donors (Lipinski definition) is 2. The second-order valence-corrected chi connectivity index (χ2v) is 4.61. The Morgan fingerprint density at radius 1 is 1.11 bits per heavy atom. The number of benzene rings is 1. The quantitative estimate of drug-likeness (QED) is 0.696. The highest BCUT2D eigenvalue weighted by molar-refractivity contribution is 5.43. The molecule has 0 aliphatic heterocycles. The lowest BCUT2D eigenvalue weighted by Gasteiger charge is -2.13. The second kappa shape index (κ2) is 8.11. The summed E-state index contributed by atoms with van der Waals surface area (Å²) in [5.74, 6) is 0.965. The first-order valence-electron chi connectivity index (χ1n) is 6.65. The zero-order valence-corrected chi connectivity index (χ0v) is 11.8. The molecule has 0 fully saturated rings. The lowest BCUT2D eigenvalue weighted by molar-refractivity contribution is 0.284. The van der Waals surface area contributed by atoms with Crippen molar-refractivity contribution < 1.29 is 9.84 Å². The standard InChI is InChI=1S/C15H25NO2/c1-12-13(2)15(18-3)7-6-14(12)8-10-16-9-4-5-11-17/h6-7,16-17H,4-5,8-11H2,1-3H3. The third-order valence-electron chi connectivity index (χ3n) is 3.40. The van der Waals surface area contributed by atoms with Crippen molar-refractivity contribution in [2.45, 2.75) is 33.1 Å². The molecule has 0 saturated carbocycles. The van der Waals surface area contributed by atoms with Crippen LogP contribution < -0.4 is 10.1 Å². The van der Waals surface area contributed by atoms with Crippen LogP contribution in [0.2, 0.25) is 0 Å². The highest BCUT2D eigenvalue weighted by atomic mass is 16.5. The maximum atomic E-state index is 8.68. The van der Waals surface area contributed by atoms with Gasteiger partial charge in [-0.05, 0) is 69.0 Å². The Kier molecular flexibility index (Phi) is 6.76. The van der Waals surface area contributed by atoms with E-state index >= 15 is 0 Å². The van der Waals surface area contributed by atoms with Crippen molar-refractivity contribution in [3.8, 4) is 5.75 Å². The van der Waals surface area contributed by atoms with Gasteiger partial charge < -0.3 is 15.2 Å². The van der Waals surface area contributed by atoms with Crippen LogP contribution in [0.25, 0.3) is 0 Å². The van der Waals surface area contributed by atoms with Crippen molar-refractivity contribution in [1.29, 1.82) is 0 Å². The number of hydrogen-bond acceptors (Lipinski definition) is 3. The van der Waals surface area contributed by atoms with E-state index in [0.29, 0.717) is 6.61 Å². The predicted molar refractivity (Wildman–Crippen MR) is 75.4 cm³/mol. The monoisotopic (exact) mass is 251 g/mol. The number of nitrogens with one attached hydrogen (secondary N) is 1. The first-order valence-corrected chi connectivity index (χ1v) is 6.65. The van der Waals surface area contributed by atoms with E-state index < -0.39 is 0 Å². The molecule has 0 unspecified atom stereocenters. The molecule has 18 heavy (non-hydrogen) atoms. The van der Waals surface area contributed by atoms with Gasteiger partial charge in [-0.3, -0.25) is 0 Å². The van der Waals surface area contributed by atoms with Crippen LogP contribution >= 0.6 is 0 Å². The predicted octanol–water partition coefficient (Wildman–Crippen LogP) is 2.22. The van der Waals surface area contributed by atoms with Crippen LogP contribution in [0, 0.1) is 13.8 Å². The van der Waals surface area contributed by atoms with E-state index in [1.165, 1.54) is 16.7 Å². The Morgan fingerprint density at radius 2 is 1.89 bits per heavy atom. The van der Waals surface area contributed by atoms with Crippen LogP contribution in [-0.2, 0) is 6.42 Å². The van der Waals surface area contributed by atoms with Crippen molar-refractivity contribution in [1.82, 2.24) is 5.32 Å². The van der Waals surface area contributed by atoms with Crippen molar-refractivity contribution in [3.05, 3.63) is 28.8 Å². The van der Waals surface area contributed by atoms with E-state index in [9.17, 15) is 0 Å². The minimum absolute atomic E-state index is 0.290. The van der Waals surface area contributed by atoms with Crippen molar-refractivity contribution in [3.63, 3.8) is 0 Å². The maximum absolute atomic E-state index is 8.68. The third-order valence-corrected chi connectivity index (χ3v) is 3.40. The molecule has 0 amide bonds. The molecule has 2 N–H and O–H groups in total. The van der Waals surface area contributed by atoms with Gasteiger partial charge in [-0.2, -0.15) is 0 Å². The van der Waals surface area contributed by atoms with Gasteiger partial charge in [0.05, 0.1) is 7.11 Å². The molecule has 0 aliphatic carbocycles. The van der Waals surface area contributed by atoms with Crippen LogP contribution in [0.5, 0.6) is 5.75 Å². The smallest absolute Gasteiger partial charge is 0.122 e. The summed E-state index contributed by atoms with van der Waals surface area (Å²) in [6, 6.07) is 4.19. The molecular weight excluding hydrogens is 226 g/mol. The van der Waals surface area contributed by atoms with Gasteiger partial charge in [-0.1, -0.05) is 6.07 Å². The molecule has 0 heterocycles. The fourth-order valence-electron chi connectivity index (χ4n) is 2.05. The minimum atomic E-state index is 0.290. The molecule has 0 bridgehead atoms. The molecule has 0 radical (unpaired) electrons. The molecule has 1 aromatic rings. The molecule has 0 aromatic heterocycles. The Hall–Kier alpha value is -1.06. The number of aliphatic hydroxyl groups excluding tert-OH is 1. The summed E-state index contributed by atoms with van der Waals surface area (Å²) < 4.78 is 5.31. The number of unbranched alkanes of at least 4 members (excludes halogenated alkanes) is 1. The molecular formula is C15H25NO2. The van der Waals surface area contributed by atoms with Crippen LogP contribution in [0.15, 0.2) is 12.1 Å². The van der Waals surface area contributed by atoms with Crippen LogP contribution in [0.1, 0.15) is 29.5 Å². The first kappa shape index (κ1) is 15.0. The lowest BCUT2D eigenvalue weighted by Crippen LogP contribution is -2.19. The van der Waals surface area contributed by atoms with Crippen molar-refractivity contribution in [2.75, 3.05) is 26.8 Å². The fraction of sp³-hybridized carbons (Fsp3) is 0.600. The Balaban J connectivity index is 2.41. The zero-order valence-electron chi connectivity index (χ0n) is 11.8. The summed E-state index contributed by atoms with van der Waals surface area (Å²) in [4.78, 5) is 0. The molecule has 3 heteroatoms. The fourth-order valence-corrected chi connectivity index (χ4v) is 2.05. The average Bonchev–Trinajstić information content (AvgIpc) is 2.38. The minimum Gasteiger partial charge on any atom is -0.496 e. The first-order chi connectivity index (χ1) is 8.70. The van der Waals surface area contributed by atoms with E-state index in [4.69, 9.17) is 9.84 Å². The number of methoxy groups -OCH3 is 1. The molecule has 1 rings (SSSR count). The summed E-state index contributed by atoms with van der Waals surface area (Å²) >= 11 is 0. The molecule has 0 aliphatic rings. The number of rotatable bonds is 8. The van der Waals surface area contributed by atoms with E-state index in [1.54, 1.807) is 7.11 Å². The van der Waals surface area contributed by atoms with E-state index in [2.05, 4.69) is 25.2 Å². The highest BCUT2D eigenvalue weighted by Gasteiger charge is 2.05. The van der Waals surface area contributed by atoms with E-state index in [-0.39, 0.29) is 0 Å². The molecule has 0 saturated heterocycles. The summed E-state index contributed by atoms with van der Waals surface area (Å²) in [5.41, 5.74) is 3.93. The van der Waals surface area contributed by atoms with Crippen LogP contribution in [0.4, 0.5) is 0 Å². The van der Waals surface area contributed by atoms with Crippen molar-refractivity contribution in [2.24, 2.45) is 0 Å². The molecule has 102 valence electrons. The van der Waals surface area contributed by atoms with Gasteiger partial charge in [-0.15, -0.1) is 0 Å². The largest absolute Gasteiger partial charge is 0.496 e. The highest BCUT2D eigenvalue weighted by Crippen LogP contribution is 2.23. The normalized spacial score (nSPS) is 10.7. The van der Waals surface area contributed by atoms with E-state index in [0.717, 1.165) is 38.1 Å². The van der Waals surface area contributed by atoms with Gasteiger partial charge in [-0.25, -0.2) is 0 Å². The van der Waals surface area contributed by atoms with Gasteiger partial charge in [0.15, 0.2) is 0 Å². The Bertz CT molecular complexity index is 364. The van der Waals surface area contributed by atoms with Crippen molar-refractivity contribution >= 4 is 0 Å². The van der Waals surface area contributed by atoms with Gasteiger partial charge in [0.1, 0.15) is 5.75 Å². The third kappa shape index (κ3) is 4.31. The summed E-state index contributed by atoms with van der Waals surface area (Å²) in [6.07, 6.45) is 2.96. The summed E-state index contributed by atoms with van der Waals surface area (Å²) in [5, 5.41) is 12.1. The van der Waals surface area contributed by atoms with Gasteiger partial charge in [0.25, 0.3) is 0 Å². The van der Waals surface area contributed by atoms with Gasteiger partial charge in [0, 0.05) is 6.61 Å². The molecule has 3 nitrogen and oxygen atoms in total. The molecule has 0 spiro atoms. The second-order valence-electron chi connectivity index (χ2n) is 4.61. The summed E-state index contributed by atoms with van der Waals surface area (Å²) in [6.45, 7) is 6.51. The lowest BCUT2D eigenvalue weighted by atomic mass is 10.00. The van der Waals surface area contributed by atoms with Gasteiger partial charge in [0.2, 0.25) is 0 Å². The average molecular weight is 251 g/mol. The Morgan fingerprint density at radius 3 is 2.56 bits per heavy atom. The number of ether oxygens (including phenoxy) is 1. The molecule has 0 atom stereocenters.